The van der Waals surface area contributed by atoms with Gasteiger partial charge in [-0.05, 0) is 54.2 Å². The van der Waals surface area contributed by atoms with E-state index in [4.69, 9.17) is 4.74 Å². The van der Waals surface area contributed by atoms with Gasteiger partial charge in [0, 0.05) is 5.56 Å². The summed E-state index contributed by atoms with van der Waals surface area (Å²) in [7, 11) is 0. The van der Waals surface area contributed by atoms with Crippen molar-refractivity contribution in [1.82, 2.24) is 0 Å². The third-order valence-electron chi connectivity index (χ3n) is 4.62. The largest absolute Gasteiger partial charge is 0.494 e. The Bertz CT molecular complexity index is 882. The summed E-state index contributed by atoms with van der Waals surface area (Å²) in [5.74, 6) is 1.02. The van der Waals surface area contributed by atoms with Crippen molar-refractivity contribution in [2.45, 2.75) is 26.2 Å². The predicted octanol–water partition coefficient (Wildman–Crippen LogP) is 6.74. The van der Waals surface area contributed by atoms with Crippen LogP contribution in [0.25, 0.3) is 12.2 Å². The van der Waals surface area contributed by atoms with Gasteiger partial charge in [0.25, 0.3) is 0 Å². The molecule has 0 radical (unpaired) electrons. The summed E-state index contributed by atoms with van der Waals surface area (Å²) in [5.41, 5.74) is 3.90. The van der Waals surface area contributed by atoms with Crippen molar-refractivity contribution in [2.24, 2.45) is 0 Å². The van der Waals surface area contributed by atoms with Crippen LogP contribution in [0.2, 0.25) is 0 Å². The second-order valence-corrected chi connectivity index (χ2v) is 6.71. The second-order valence-electron chi connectivity index (χ2n) is 6.71. The number of rotatable bonds is 7. The Balaban J connectivity index is 1.67. The normalized spacial score (nSPS) is 12.3. The van der Waals surface area contributed by atoms with Crippen molar-refractivity contribution in [2.75, 3.05) is 6.61 Å². The van der Waals surface area contributed by atoms with Crippen LogP contribution in [0.3, 0.4) is 0 Å². The third-order valence-corrected chi connectivity index (χ3v) is 4.62. The van der Waals surface area contributed by atoms with E-state index in [1.54, 1.807) is 6.07 Å². The van der Waals surface area contributed by atoms with Crippen molar-refractivity contribution >= 4 is 12.2 Å². The lowest BCUT2D eigenvalue weighted by atomic mass is 9.93. The van der Waals surface area contributed by atoms with E-state index in [0.717, 1.165) is 23.3 Å². The van der Waals surface area contributed by atoms with Gasteiger partial charge in [-0.1, -0.05) is 73.7 Å². The van der Waals surface area contributed by atoms with E-state index >= 15 is 0 Å². The fraction of sp³-hybridized carbons (Fsp3) is 0.200. The molecule has 0 fully saturated rings. The van der Waals surface area contributed by atoms with Gasteiger partial charge in [0.15, 0.2) is 0 Å². The molecule has 0 heterocycles. The van der Waals surface area contributed by atoms with Gasteiger partial charge in [-0.15, -0.1) is 0 Å². The summed E-state index contributed by atoms with van der Waals surface area (Å²) in [6.45, 7) is 4.78. The van der Waals surface area contributed by atoms with Gasteiger partial charge in [-0.3, -0.25) is 0 Å². The average molecular weight is 360 g/mol. The summed E-state index contributed by atoms with van der Waals surface area (Å²) in [6.07, 6.45) is 4.56. The van der Waals surface area contributed by atoms with Crippen LogP contribution in [-0.4, -0.2) is 6.61 Å². The first-order chi connectivity index (χ1) is 13.2. The molecule has 0 spiro atoms. The van der Waals surface area contributed by atoms with Crippen LogP contribution in [0.15, 0.2) is 72.8 Å². The quantitative estimate of drug-likeness (QED) is 0.424. The average Bonchev–Trinajstić information content (AvgIpc) is 2.69. The fourth-order valence-corrected chi connectivity index (χ4v) is 3.11. The van der Waals surface area contributed by atoms with Gasteiger partial charge in [0.05, 0.1) is 6.61 Å². The monoisotopic (exact) mass is 360 g/mol. The van der Waals surface area contributed by atoms with Crippen molar-refractivity contribution in [3.63, 3.8) is 0 Å². The Kier molecular flexibility index (Phi) is 6.43. The molecule has 0 aliphatic heterocycles. The minimum absolute atomic E-state index is 0.185. The molecule has 3 aromatic rings. The summed E-state index contributed by atoms with van der Waals surface area (Å²) < 4.78 is 19.9. The molecule has 0 saturated carbocycles. The standard InChI is InChI=1S/C25H25FO/c1-3-27-24-15-11-20(12-16-24)9-13-23-14-10-21(18-25(23)26)17-19(2)22-7-5-4-6-8-22/h4-16,18-19H,3,17H2,1-2H3/t19-/m0/s1. The molecule has 2 heteroatoms. The summed E-state index contributed by atoms with van der Waals surface area (Å²) in [4.78, 5) is 0. The van der Waals surface area contributed by atoms with E-state index in [0.29, 0.717) is 18.1 Å². The molecule has 0 unspecified atom stereocenters. The van der Waals surface area contributed by atoms with Gasteiger partial charge < -0.3 is 4.74 Å². The van der Waals surface area contributed by atoms with Crippen LogP contribution >= 0.6 is 0 Å². The second kappa shape index (κ2) is 9.18. The van der Waals surface area contributed by atoms with Crippen LogP contribution < -0.4 is 4.74 Å². The molecule has 1 nitrogen and oxygen atoms in total. The molecule has 27 heavy (non-hydrogen) atoms. The molecule has 3 rings (SSSR count). The molecule has 1 atom stereocenters. The summed E-state index contributed by atoms with van der Waals surface area (Å²) in [6, 6.07) is 23.6. The first-order valence-corrected chi connectivity index (χ1v) is 9.40. The molecule has 0 N–H and O–H groups in total. The van der Waals surface area contributed by atoms with E-state index in [1.165, 1.54) is 5.56 Å². The number of benzene rings is 3. The van der Waals surface area contributed by atoms with Crippen molar-refractivity contribution < 1.29 is 9.13 Å². The van der Waals surface area contributed by atoms with Gasteiger partial charge in [-0.2, -0.15) is 0 Å². The van der Waals surface area contributed by atoms with Crippen LogP contribution in [-0.2, 0) is 6.42 Å². The van der Waals surface area contributed by atoms with Crippen LogP contribution in [0.5, 0.6) is 5.75 Å². The van der Waals surface area contributed by atoms with Gasteiger partial charge in [-0.25, -0.2) is 4.39 Å². The molecular weight excluding hydrogens is 335 g/mol. The number of ether oxygens (including phenoxy) is 1. The molecule has 0 bridgehead atoms. The van der Waals surface area contributed by atoms with E-state index in [9.17, 15) is 4.39 Å². The minimum Gasteiger partial charge on any atom is -0.494 e. The highest BCUT2D eigenvalue weighted by atomic mass is 19.1. The Morgan fingerprint density at radius 1 is 0.926 bits per heavy atom. The molecule has 138 valence electrons. The smallest absolute Gasteiger partial charge is 0.130 e. The Morgan fingerprint density at radius 2 is 1.67 bits per heavy atom. The highest BCUT2D eigenvalue weighted by Crippen LogP contribution is 2.22. The summed E-state index contributed by atoms with van der Waals surface area (Å²) in [5, 5.41) is 0. The topological polar surface area (TPSA) is 9.23 Å². The molecule has 0 aliphatic rings. The van der Waals surface area contributed by atoms with Crippen molar-refractivity contribution in [1.29, 1.82) is 0 Å². The molecule has 0 amide bonds. The first-order valence-electron chi connectivity index (χ1n) is 9.40. The molecular formula is C25H25FO. The number of hydrogen-bond donors (Lipinski definition) is 0. The fourth-order valence-electron chi connectivity index (χ4n) is 3.11. The highest BCUT2D eigenvalue weighted by Gasteiger charge is 2.08. The maximum absolute atomic E-state index is 14.5. The number of halogens is 1. The number of hydrogen-bond acceptors (Lipinski definition) is 1. The lowest BCUT2D eigenvalue weighted by Crippen LogP contribution is -1.99. The Labute approximate surface area is 161 Å². The molecule has 3 aromatic carbocycles. The molecule has 0 saturated heterocycles. The Morgan fingerprint density at radius 3 is 2.33 bits per heavy atom. The predicted molar refractivity (Wildman–Crippen MR) is 112 cm³/mol. The zero-order valence-corrected chi connectivity index (χ0v) is 15.9. The van der Waals surface area contributed by atoms with E-state index in [1.807, 2.05) is 73.7 Å². The zero-order chi connectivity index (χ0) is 19.1. The lowest BCUT2D eigenvalue weighted by molar-refractivity contribution is 0.340. The first kappa shape index (κ1) is 18.9. The van der Waals surface area contributed by atoms with Crippen LogP contribution in [0.4, 0.5) is 4.39 Å². The van der Waals surface area contributed by atoms with Gasteiger partial charge in [0.2, 0.25) is 0 Å². The van der Waals surface area contributed by atoms with Gasteiger partial charge in [0.1, 0.15) is 11.6 Å². The SMILES string of the molecule is CCOc1ccc(C=Cc2ccc(C[C@H](C)c3ccccc3)cc2F)cc1. The third kappa shape index (κ3) is 5.30. The molecule has 0 aliphatic carbocycles. The molecule has 0 aromatic heterocycles. The van der Waals surface area contributed by atoms with E-state index in [-0.39, 0.29) is 5.82 Å². The van der Waals surface area contributed by atoms with Crippen molar-refractivity contribution in [3.05, 3.63) is 101 Å². The van der Waals surface area contributed by atoms with E-state index in [2.05, 4.69) is 19.1 Å². The van der Waals surface area contributed by atoms with Crippen molar-refractivity contribution in [3.8, 4) is 5.75 Å². The van der Waals surface area contributed by atoms with E-state index < -0.39 is 0 Å². The van der Waals surface area contributed by atoms with Gasteiger partial charge >= 0.3 is 0 Å². The maximum Gasteiger partial charge on any atom is 0.130 e. The summed E-state index contributed by atoms with van der Waals surface area (Å²) >= 11 is 0. The van der Waals surface area contributed by atoms with Crippen LogP contribution in [0, 0.1) is 5.82 Å². The lowest BCUT2D eigenvalue weighted by Gasteiger charge is -2.12. The Hall–Kier alpha value is -2.87. The highest BCUT2D eigenvalue weighted by molar-refractivity contribution is 5.70. The zero-order valence-electron chi connectivity index (χ0n) is 15.9. The van der Waals surface area contributed by atoms with Crippen LogP contribution in [0.1, 0.15) is 42.0 Å². The maximum atomic E-state index is 14.5. The minimum atomic E-state index is -0.185.